The van der Waals surface area contributed by atoms with Gasteiger partial charge in [-0.15, -0.1) is 11.3 Å². The van der Waals surface area contributed by atoms with E-state index in [1.54, 1.807) is 11.3 Å². The van der Waals surface area contributed by atoms with E-state index in [1.807, 2.05) is 31.2 Å². The van der Waals surface area contributed by atoms with Crippen LogP contribution >= 0.6 is 11.3 Å². The SMILES string of the molecule is Cc1ccc(NC(=O)NC[C@@H](c2cccs2)N2CCc3ccccc3C2)cc1. The van der Waals surface area contributed by atoms with Crippen molar-refractivity contribution in [2.75, 3.05) is 18.4 Å². The number of nitrogens with one attached hydrogen (secondary N) is 2. The third kappa shape index (κ3) is 4.43. The number of aryl methyl sites for hydroxylation is 1. The van der Waals surface area contributed by atoms with Crippen LogP contribution in [-0.4, -0.2) is 24.0 Å². The standard InChI is InChI=1S/C23H25N3OS/c1-17-8-10-20(11-9-17)25-23(27)24-15-21(22-7-4-14-28-22)26-13-12-18-5-2-3-6-19(18)16-26/h2-11,14,21H,12-13,15-16H2,1H3,(H2,24,25,27)/t21-/m0/s1. The van der Waals surface area contributed by atoms with Gasteiger partial charge in [-0.25, -0.2) is 4.79 Å². The van der Waals surface area contributed by atoms with Crippen molar-refractivity contribution in [2.45, 2.75) is 25.9 Å². The zero-order valence-electron chi connectivity index (χ0n) is 16.0. The van der Waals surface area contributed by atoms with Gasteiger partial charge >= 0.3 is 6.03 Å². The minimum Gasteiger partial charge on any atom is -0.336 e. The largest absolute Gasteiger partial charge is 0.336 e. The molecule has 2 aromatic carbocycles. The van der Waals surface area contributed by atoms with Crippen LogP contribution in [0.3, 0.4) is 0 Å². The van der Waals surface area contributed by atoms with Crippen molar-refractivity contribution in [3.8, 4) is 0 Å². The number of hydrogen-bond donors (Lipinski definition) is 2. The average molecular weight is 392 g/mol. The lowest BCUT2D eigenvalue weighted by Gasteiger charge is -2.35. The third-order valence-electron chi connectivity index (χ3n) is 5.24. The third-order valence-corrected chi connectivity index (χ3v) is 6.21. The van der Waals surface area contributed by atoms with Gasteiger partial charge in [-0.3, -0.25) is 4.90 Å². The van der Waals surface area contributed by atoms with Crippen LogP contribution in [0.4, 0.5) is 10.5 Å². The van der Waals surface area contributed by atoms with Crippen LogP contribution in [0.5, 0.6) is 0 Å². The summed E-state index contributed by atoms with van der Waals surface area (Å²) in [6.07, 6.45) is 1.05. The Labute approximate surface area is 170 Å². The van der Waals surface area contributed by atoms with Crippen molar-refractivity contribution >= 4 is 23.1 Å². The molecule has 0 radical (unpaired) electrons. The molecule has 0 fully saturated rings. The second-order valence-corrected chi connectivity index (χ2v) is 8.20. The minimum absolute atomic E-state index is 0.164. The van der Waals surface area contributed by atoms with Gasteiger partial charge in [-0.2, -0.15) is 0 Å². The monoisotopic (exact) mass is 391 g/mol. The van der Waals surface area contributed by atoms with E-state index in [2.05, 4.69) is 57.3 Å². The van der Waals surface area contributed by atoms with E-state index in [-0.39, 0.29) is 12.1 Å². The zero-order chi connectivity index (χ0) is 19.3. The molecule has 2 N–H and O–H groups in total. The van der Waals surface area contributed by atoms with Crippen molar-refractivity contribution < 1.29 is 4.79 Å². The number of thiophene rings is 1. The molecule has 3 aromatic rings. The van der Waals surface area contributed by atoms with Gasteiger partial charge in [-0.1, -0.05) is 48.0 Å². The number of anilines is 1. The lowest BCUT2D eigenvalue weighted by atomic mass is 9.98. The first-order chi connectivity index (χ1) is 13.7. The van der Waals surface area contributed by atoms with Gasteiger partial charge in [0.2, 0.25) is 0 Å². The highest BCUT2D eigenvalue weighted by Gasteiger charge is 2.25. The lowest BCUT2D eigenvalue weighted by molar-refractivity contribution is 0.178. The lowest BCUT2D eigenvalue weighted by Crippen LogP contribution is -2.41. The van der Waals surface area contributed by atoms with Crippen molar-refractivity contribution in [1.82, 2.24) is 10.2 Å². The number of benzene rings is 2. The first kappa shape index (κ1) is 18.7. The average Bonchev–Trinajstić information content (AvgIpc) is 3.24. The molecule has 0 saturated carbocycles. The molecule has 0 saturated heterocycles. The van der Waals surface area contributed by atoms with E-state index in [0.717, 1.165) is 25.2 Å². The molecular formula is C23H25N3OS. The predicted molar refractivity (Wildman–Crippen MR) is 116 cm³/mol. The second kappa shape index (κ2) is 8.59. The Hall–Kier alpha value is -2.63. The van der Waals surface area contributed by atoms with Gasteiger partial charge in [0.15, 0.2) is 0 Å². The summed E-state index contributed by atoms with van der Waals surface area (Å²) in [5, 5.41) is 8.10. The Morgan fingerprint density at radius 3 is 2.61 bits per heavy atom. The molecule has 1 aromatic heterocycles. The molecule has 2 amide bonds. The summed E-state index contributed by atoms with van der Waals surface area (Å²) < 4.78 is 0. The number of carbonyl (C=O) groups excluding carboxylic acids is 1. The Morgan fingerprint density at radius 1 is 1.07 bits per heavy atom. The van der Waals surface area contributed by atoms with Crippen LogP contribution in [0.1, 0.15) is 27.6 Å². The van der Waals surface area contributed by atoms with Gasteiger partial charge in [0.1, 0.15) is 0 Å². The van der Waals surface area contributed by atoms with Gasteiger partial charge in [0.05, 0.1) is 6.04 Å². The second-order valence-electron chi connectivity index (χ2n) is 7.22. The summed E-state index contributed by atoms with van der Waals surface area (Å²) in [4.78, 5) is 16.2. The van der Waals surface area contributed by atoms with Crippen LogP contribution in [0.25, 0.3) is 0 Å². The summed E-state index contributed by atoms with van der Waals surface area (Å²) in [6.45, 7) is 4.54. The van der Waals surface area contributed by atoms with Crippen LogP contribution in [0, 0.1) is 6.92 Å². The van der Waals surface area contributed by atoms with Gasteiger partial charge in [0, 0.05) is 30.2 Å². The van der Waals surface area contributed by atoms with Crippen molar-refractivity contribution in [2.24, 2.45) is 0 Å². The predicted octanol–water partition coefficient (Wildman–Crippen LogP) is 4.98. The molecule has 1 atom stereocenters. The maximum absolute atomic E-state index is 12.4. The van der Waals surface area contributed by atoms with E-state index in [4.69, 9.17) is 0 Å². The van der Waals surface area contributed by atoms with E-state index >= 15 is 0 Å². The molecule has 28 heavy (non-hydrogen) atoms. The smallest absolute Gasteiger partial charge is 0.319 e. The van der Waals surface area contributed by atoms with Crippen molar-refractivity contribution in [3.05, 3.63) is 87.6 Å². The molecule has 0 unspecified atom stereocenters. The highest BCUT2D eigenvalue weighted by atomic mass is 32.1. The van der Waals surface area contributed by atoms with E-state index in [1.165, 1.54) is 21.6 Å². The molecule has 5 heteroatoms. The molecule has 4 nitrogen and oxygen atoms in total. The maximum atomic E-state index is 12.4. The van der Waals surface area contributed by atoms with E-state index in [0.29, 0.717) is 6.54 Å². The van der Waals surface area contributed by atoms with E-state index < -0.39 is 0 Å². The number of rotatable bonds is 5. The molecule has 1 aliphatic heterocycles. The van der Waals surface area contributed by atoms with E-state index in [9.17, 15) is 4.79 Å². The van der Waals surface area contributed by atoms with Gasteiger partial charge < -0.3 is 10.6 Å². The Balaban J connectivity index is 1.43. The fraction of sp³-hybridized carbons (Fsp3) is 0.261. The van der Waals surface area contributed by atoms with Crippen molar-refractivity contribution in [1.29, 1.82) is 0 Å². The highest BCUT2D eigenvalue weighted by molar-refractivity contribution is 7.10. The Bertz CT molecular complexity index is 921. The maximum Gasteiger partial charge on any atom is 0.319 e. The molecular weight excluding hydrogens is 366 g/mol. The van der Waals surface area contributed by atoms with Crippen LogP contribution < -0.4 is 10.6 Å². The number of fused-ring (bicyclic) bond motifs is 1. The summed E-state index contributed by atoms with van der Waals surface area (Å²) >= 11 is 1.75. The molecule has 0 spiro atoms. The number of nitrogens with zero attached hydrogens (tertiary/aromatic N) is 1. The van der Waals surface area contributed by atoms with Gasteiger partial charge in [-0.05, 0) is 48.1 Å². The quantitative estimate of drug-likeness (QED) is 0.644. The summed E-state index contributed by atoms with van der Waals surface area (Å²) in [5.41, 5.74) is 4.81. The minimum atomic E-state index is -0.164. The number of amides is 2. The molecule has 144 valence electrons. The fourth-order valence-electron chi connectivity index (χ4n) is 3.68. The van der Waals surface area contributed by atoms with Crippen LogP contribution in [0.15, 0.2) is 66.0 Å². The van der Waals surface area contributed by atoms with Gasteiger partial charge in [0.25, 0.3) is 0 Å². The number of hydrogen-bond acceptors (Lipinski definition) is 3. The first-order valence-corrected chi connectivity index (χ1v) is 10.5. The first-order valence-electron chi connectivity index (χ1n) is 9.65. The zero-order valence-corrected chi connectivity index (χ0v) is 16.8. The Morgan fingerprint density at radius 2 is 1.86 bits per heavy atom. The molecule has 1 aliphatic rings. The summed E-state index contributed by atoms with van der Waals surface area (Å²) in [7, 11) is 0. The Kier molecular flexibility index (Phi) is 5.74. The normalized spacial score (nSPS) is 14.9. The summed E-state index contributed by atoms with van der Waals surface area (Å²) in [6, 6.07) is 20.8. The van der Waals surface area contributed by atoms with Crippen molar-refractivity contribution in [3.63, 3.8) is 0 Å². The summed E-state index contributed by atoms with van der Waals surface area (Å²) in [5.74, 6) is 0. The highest BCUT2D eigenvalue weighted by Crippen LogP contribution is 2.30. The van der Waals surface area contributed by atoms with Crippen LogP contribution in [-0.2, 0) is 13.0 Å². The molecule has 0 bridgehead atoms. The molecule has 4 rings (SSSR count). The topological polar surface area (TPSA) is 44.4 Å². The van der Waals surface area contributed by atoms with Crippen LogP contribution in [0.2, 0.25) is 0 Å². The molecule has 2 heterocycles. The fourth-order valence-corrected chi connectivity index (χ4v) is 4.54. The number of urea groups is 1. The number of carbonyl (C=O) groups is 1. The molecule has 0 aliphatic carbocycles.